The fraction of sp³-hybridized carbons (Fsp3) is 0.345. The smallest absolute Gasteiger partial charge is 0.304 e. The number of carbonyl (C=O) groups is 1. The molecule has 2 N–H and O–H groups in total. The molecule has 1 atom stereocenters. The van der Waals surface area contributed by atoms with Crippen molar-refractivity contribution < 1.29 is 37.4 Å². The summed E-state index contributed by atoms with van der Waals surface area (Å²) in [7, 11) is -3.02. The summed E-state index contributed by atoms with van der Waals surface area (Å²) in [4.78, 5) is 16.8. The standard InChI is InChI=1S/C29H31NO8S/c1-18-10-23(35-8-3-9-39(2,33)34)12-21-17-38-30-26-7-4-19(11-25(26)29(18)21)15-36-22-5-6-24-20(13-28(31)32)16-37-27(24)14-22/h4-7,10-12,14,20,30H,3,8-9,13,15-17H2,1-2H3,(H,31,32)/t20-/m1/s1. The number of sulfone groups is 1. The minimum Gasteiger partial charge on any atom is -0.494 e. The van der Waals surface area contributed by atoms with Gasteiger partial charge in [0.15, 0.2) is 0 Å². The van der Waals surface area contributed by atoms with E-state index in [-0.39, 0.29) is 18.1 Å². The van der Waals surface area contributed by atoms with Crippen LogP contribution >= 0.6 is 0 Å². The van der Waals surface area contributed by atoms with E-state index in [1.54, 1.807) is 0 Å². The molecule has 206 valence electrons. The van der Waals surface area contributed by atoms with Crippen molar-refractivity contribution in [2.45, 2.75) is 38.9 Å². The molecular weight excluding hydrogens is 522 g/mol. The van der Waals surface area contributed by atoms with Crippen LogP contribution in [0.15, 0.2) is 48.5 Å². The molecule has 2 aliphatic rings. The number of rotatable bonds is 10. The molecule has 0 unspecified atom stereocenters. The van der Waals surface area contributed by atoms with E-state index in [1.807, 2.05) is 49.4 Å². The van der Waals surface area contributed by atoms with Gasteiger partial charge in [0.1, 0.15) is 40.3 Å². The molecule has 39 heavy (non-hydrogen) atoms. The van der Waals surface area contributed by atoms with Gasteiger partial charge in [0.25, 0.3) is 0 Å². The van der Waals surface area contributed by atoms with Gasteiger partial charge in [-0.15, -0.1) is 0 Å². The fourth-order valence-corrected chi connectivity index (χ4v) is 5.62. The van der Waals surface area contributed by atoms with Crippen molar-refractivity contribution in [3.8, 4) is 28.4 Å². The number of benzene rings is 3. The van der Waals surface area contributed by atoms with Crippen LogP contribution in [0.2, 0.25) is 0 Å². The Morgan fingerprint density at radius 3 is 2.74 bits per heavy atom. The van der Waals surface area contributed by atoms with Crippen molar-refractivity contribution in [1.82, 2.24) is 0 Å². The summed E-state index contributed by atoms with van der Waals surface area (Å²) in [6.45, 7) is 3.37. The molecule has 0 bridgehead atoms. The van der Waals surface area contributed by atoms with Gasteiger partial charge in [-0.05, 0) is 65.9 Å². The van der Waals surface area contributed by atoms with Crippen LogP contribution in [-0.2, 0) is 32.7 Å². The van der Waals surface area contributed by atoms with E-state index in [1.165, 1.54) is 6.26 Å². The molecule has 2 aliphatic heterocycles. The van der Waals surface area contributed by atoms with Crippen LogP contribution in [0.25, 0.3) is 11.1 Å². The number of nitrogens with one attached hydrogen (secondary N) is 1. The maximum absolute atomic E-state index is 11.4. The maximum atomic E-state index is 11.4. The number of aryl methyl sites for hydroxylation is 1. The molecule has 3 aromatic carbocycles. The number of carboxylic acid groups (broad SMARTS) is 1. The third kappa shape index (κ3) is 6.46. The lowest BCUT2D eigenvalue weighted by atomic mass is 9.93. The first-order valence-corrected chi connectivity index (χ1v) is 14.8. The molecule has 10 heteroatoms. The first kappa shape index (κ1) is 26.8. The molecule has 0 fully saturated rings. The van der Waals surface area contributed by atoms with Gasteiger partial charge in [0.05, 0.1) is 31.1 Å². The summed E-state index contributed by atoms with van der Waals surface area (Å²) in [5, 5.41) is 9.11. The number of anilines is 1. The number of hydrogen-bond donors (Lipinski definition) is 2. The van der Waals surface area contributed by atoms with Gasteiger partial charge in [-0.3, -0.25) is 15.1 Å². The van der Waals surface area contributed by atoms with Crippen molar-refractivity contribution in [3.63, 3.8) is 0 Å². The van der Waals surface area contributed by atoms with Gasteiger partial charge in [-0.1, -0.05) is 12.1 Å². The lowest BCUT2D eigenvalue weighted by molar-refractivity contribution is -0.137. The van der Waals surface area contributed by atoms with E-state index in [0.29, 0.717) is 50.1 Å². The Hall–Kier alpha value is -3.76. The zero-order chi connectivity index (χ0) is 27.6. The zero-order valence-corrected chi connectivity index (χ0v) is 22.7. The molecule has 3 aromatic rings. The Morgan fingerprint density at radius 2 is 1.95 bits per heavy atom. The molecule has 0 spiro atoms. The van der Waals surface area contributed by atoms with Crippen LogP contribution in [0.1, 0.15) is 41.0 Å². The molecule has 0 amide bonds. The van der Waals surface area contributed by atoms with Crippen LogP contribution in [0, 0.1) is 6.92 Å². The Kier molecular flexibility index (Phi) is 7.67. The van der Waals surface area contributed by atoms with E-state index in [2.05, 4.69) is 11.5 Å². The molecule has 0 aliphatic carbocycles. The number of hydrogen-bond acceptors (Lipinski definition) is 8. The van der Waals surface area contributed by atoms with Gasteiger partial charge in [-0.25, -0.2) is 8.42 Å². The largest absolute Gasteiger partial charge is 0.494 e. The van der Waals surface area contributed by atoms with E-state index in [4.69, 9.17) is 24.2 Å². The molecule has 0 saturated carbocycles. The lowest BCUT2D eigenvalue weighted by Gasteiger charge is -2.16. The molecule has 9 nitrogen and oxygen atoms in total. The van der Waals surface area contributed by atoms with Gasteiger partial charge >= 0.3 is 5.97 Å². The van der Waals surface area contributed by atoms with Crippen LogP contribution < -0.4 is 19.7 Å². The second-order valence-electron chi connectivity index (χ2n) is 9.97. The zero-order valence-electron chi connectivity index (χ0n) is 21.9. The van der Waals surface area contributed by atoms with E-state index >= 15 is 0 Å². The predicted molar refractivity (Wildman–Crippen MR) is 146 cm³/mol. The summed E-state index contributed by atoms with van der Waals surface area (Å²) in [5.74, 6) is 1.09. The van der Waals surface area contributed by atoms with Crippen molar-refractivity contribution >= 4 is 21.5 Å². The van der Waals surface area contributed by atoms with Crippen molar-refractivity contribution in [1.29, 1.82) is 0 Å². The molecule has 0 aromatic heterocycles. The van der Waals surface area contributed by atoms with Crippen molar-refractivity contribution in [2.75, 3.05) is 30.7 Å². The second kappa shape index (κ2) is 11.2. The molecular formula is C29H31NO8S. The van der Waals surface area contributed by atoms with Crippen LogP contribution in [0.5, 0.6) is 17.2 Å². The summed E-state index contributed by atoms with van der Waals surface area (Å²) in [6, 6.07) is 15.4. The monoisotopic (exact) mass is 553 g/mol. The highest BCUT2D eigenvalue weighted by Crippen LogP contribution is 2.40. The Bertz CT molecular complexity index is 1500. The van der Waals surface area contributed by atoms with E-state index in [0.717, 1.165) is 39.1 Å². The van der Waals surface area contributed by atoms with Crippen LogP contribution in [0.4, 0.5) is 5.69 Å². The minimum atomic E-state index is -3.02. The average molecular weight is 554 g/mol. The summed E-state index contributed by atoms with van der Waals surface area (Å²) < 4.78 is 40.4. The van der Waals surface area contributed by atoms with Crippen molar-refractivity contribution in [3.05, 3.63) is 70.8 Å². The number of ether oxygens (including phenoxy) is 3. The second-order valence-corrected chi connectivity index (χ2v) is 12.2. The quantitative estimate of drug-likeness (QED) is 0.339. The van der Waals surface area contributed by atoms with Crippen LogP contribution in [0.3, 0.4) is 0 Å². The summed E-state index contributed by atoms with van der Waals surface area (Å²) in [6.07, 6.45) is 1.69. The Morgan fingerprint density at radius 1 is 1.10 bits per heavy atom. The van der Waals surface area contributed by atoms with E-state index in [9.17, 15) is 13.2 Å². The number of fused-ring (bicyclic) bond motifs is 4. The van der Waals surface area contributed by atoms with Gasteiger partial charge in [0.2, 0.25) is 0 Å². The molecule has 5 rings (SSSR count). The third-order valence-corrected chi connectivity index (χ3v) is 7.80. The molecule has 0 saturated heterocycles. The fourth-order valence-electron chi connectivity index (χ4n) is 4.98. The molecule has 0 radical (unpaired) electrons. The third-order valence-electron chi connectivity index (χ3n) is 6.77. The molecule has 2 heterocycles. The Balaban J connectivity index is 1.31. The predicted octanol–water partition coefficient (Wildman–Crippen LogP) is 4.86. The lowest BCUT2D eigenvalue weighted by Crippen LogP contribution is -2.08. The van der Waals surface area contributed by atoms with Crippen LogP contribution in [-0.4, -0.2) is 44.7 Å². The number of carboxylic acids is 1. The average Bonchev–Trinajstić information content (AvgIpc) is 3.16. The highest BCUT2D eigenvalue weighted by Gasteiger charge is 2.27. The van der Waals surface area contributed by atoms with Gasteiger partial charge in [-0.2, -0.15) is 0 Å². The summed E-state index contributed by atoms with van der Waals surface area (Å²) >= 11 is 0. The van der Waals surface area contributed by atoms with Gasteiger partial charge in [0, 0.05) is 29.4 Å². The van der Waals surface area contributed by atoms with E-state index < -0.39 is 15.8 Å². The topological polar surface area (TPSA) is 120 Å². The highest BCUT2D eigenvalue weighted by atomic mass is 32.2. The summed E-state index contributed by atoms with van der Waals surface area (Å²) in [5.41, 5.74) is 9.75. The maximum Gasteiger partial charge on any atom is 0.304 e. The first-order valence-electron chi connectivity index (χ1n) is 12.7. The normalized spacial score (nSPS) is 15.7. The SMILES string of the molecule is Cc1cc(OCCCS(C)(=O)=O)cc2c1-c1cc(COc3ccc4c(c3)OC[C@H]4CC(=O)O)ccc1NOC2. The van der Waals surface area contributed by atoms with Gasteiger partial charge < -0.3 is 19.3 Å². The minimum absolute atomic E-state index is 0.0395. The first-order chi connectivity index (χ1) is 18.7. The van der Waals surface area contributed by atoms with Crippen molar-refractivity contribution in [2.24, 2.45) is 0 Å². The highest BCUT2D eigenvalue weighted by molar-refractivity contribution is 7.90. The Labute approximate surface area is 227 Å². The number of aliphatic carboxylic acids is 1.